The molecule has 0 bridgehead atoms. The fraction of sp³-hybridized carbons (Fsp3) is 0.538. The van der Waals surface area contributed by atoms with Gasteiger partial charge in [0.1, 0.15) is 6.23 Å². The molecule has 1 fully saturated rings. The predicted octanol–water partition coefficient (Wildman–Crippen LogP) is 1.72. The van der Waals surface area contributed by atoms with E-state index in [2.05, 4.69) is 5.32 Å². The first-order valence-corrected chi connectivity index (χ1v) is 5.95. The zero-order valence-corrected chi connectivity index (χ0v) is 11.0. The normalized spacial score (nSPS) is 19.4. The molecule has 2 rings (SSSR count). The number of ether oxygens (including phenoxy) is 4. The van der Waals surface area contributed by atoms with Crippen molar-refractivity contribution in [3.05, 3.63) is 17.7 Å². The summed E-state index contributed by atoms with van der Waals surface area (Å²) in [5, 5.41) is 3.30. The van der Waals surface area contributed by atoms with Gasteiger partial charge in [0.05, 0.1) is 27.9 Å². The van der Waals surface area contributed by atoms with Crippen LogP contribution in [0.25, 0.3) is 0 Å². The Morgan fingerprint density at radius 3 is 2.44 bits per heavy atom. The van der Waals surface area contributed by atoms with E-state index in [4.69, 9.17) is 18.9 Å². The zero-order valence-electron chi connectivity index (χ0n) is 11.0. The Balaban J connectivity index is 2.40. The first-order chi connectivity index (χ1) is 8.81. The van der Waals surface area contributed by atoms with Gasteiger partial charge < -0.3 is 18.9 Å². The minimum absolute atomic E-state index is 0.159. The molecule has 1 N–H and O–H groups in total. The maximum atomic E-state index is 5.69. The number of benzene rings is 1. The highest BCUT2D eigenvalue weighted by molar-refractivity contribution is 5.56. The quantitative estimate of drug-likeness (QED) is 0.885. The second-order valence-corrected chi connectivity index (χ2v) is 3.98. The highest BCUT2D eigenvalue weighted by Crippen LogP contribution is 2.42. The van der Waals surface area contributed by atoms with Gasteiger partial charge >= 0.3 is 0 Å². The van der Waals surface area contributed by atoms with E-state index in [-0.39, 0.29) is 6.23 Å². The number of methoxy groups -OCH3 is 3. The standard InChI is InChI=1S/C13H19NO4/c1-15-10-6-5-9(11(16-2)12(10)17-3)13-14-7-4-8-18-13/h5-6,13-14H,4,7-8H2,1-3H3. The van der Waals surface area contributed by atoms with Crippen molar-refractivity contribution in [3.8, 4) is 17.2 Å². The van der Waals surface area contributed by atoms with Crippen molar-refractivity contribution in [2.75, 3.05) is 34.5 Å². The monoisotopic (exact) mass is 253 g/mol. The molecule has 1 heterocycles. The van der Waals surface area contributed by atoms with Crippen molar-refractivity contribution in [1.82, 2.24) is 5.32 Å². The summed E-state index contributed by atoms with van der Waals surface area (Å²) < 4.78 is 21.7. The van der Waals surface area contributed by atoms with Crippen molar-refractivity contribution in [1.29, 1.82) is 0 Å². The summed E-state index contributed by atoms with van der Waals surface area (Å²) in [5.74, 6) is 1.89. The average molecular weight is 253 g/mol. The fourth-order valence-electron chi connectivity index (χ4n) is 2.10. The van der Waals surface area contributed by atoms with E-state index in [1.807, 2.05) is 12.1 Å². The van der Waals surface area contributed by atoms with E-state index >= 15 is 0 Å². The van der Waals surface area contributed by atoms with Crippen LogP contribution in [0.1, 0.15) is 18.2 Å². The summed E-state index contributed by atoms with van der Waals surface area (Å²) in [6.45, 7) is 1.68. The molecule has 1 aromatic rings. The van der Waals surface area contributed by atoms with Crippen molar-refractivity contribution in [2.24, 2.45) is 0 Å². The lowest BCUT2D eigenvalue weighted by Crippen LogP contribution is -2.31. The van der Waals surface area contributed by atoms with Crippen LogP contribution in [0.2, 0.25) is 0 Å². The lowest BCUT2D eigenvalue weighted by atomic mass is 10.1. The van der Waals surface area contributed by atoms with Crippen molar-refractivity contribution in [3.63, 3.8) is 0 Å². The molecule has 0 amide bonds. The van der Waals surface area contributed by atoms with Gasteiger partial charge in [0, 0.05) is 12.1 Å². The van der Waals surface area contributed by atoms with E-state index in [1.54, 1.807) is 21.3 Å². The van der Waals surface area contributed by atoms with Crippen LogP contribution in [-0.2, 0) is 4.74 Å². The number of nitrogens with one attached hydrogen (secondary N) is 1. The van der Waals surface area contributed by atoms with E-state index in [1.165, 1.54) is 0 Å². The molecule has 0 radical (unpaired) electrons. The van der Waals surface area contributed by atoms with Gasteiger partial charge in [0.25, 0.3) is 0 Å². The Kier molecular flexibility index (Phi) is 4.28. The molecule has 1 aliphatic rings. The van der Waals surface area contributed by atoms with Crippen LogP contribution >= 0.6 is 0 Å². The molecule has 100 valence electrons. The van der Waals surface area contributed by atoms with Gasteiger partial charge in [-0.3, -0.25) is 5.32 Å². The maximum Gasteiger partial charge on any atom is 0.203 e. The van der Waals surface area contributed by atoms with E-state index in [0.717, 1.165) is 25.1 Å². The SMILES string of the molecule is COc1ccc(C2NCCCO2)c(OC)c1OC. The zero-order chi connectivity index (χ0) is 13.0. The van der Waals surface area contributed by atoms with Gasteiger partial charge in [-0.25, -0.2) is 0 Å². The Morgan fingerprint density at radius 2 is 1.89 bits per heavy atom. The molecule has 1 saturated heterocycles. The van der Waals surface area contributed by atoms with Crippen LogP contribution in [0.4, 0.5) is 0 Å². The van der Waals surface area contributed by atoms with Gasteiger partial charge in [0.15, 0.2) is 11.5 Å². The highest BCUT2D eigenvalue weighted by Gasteiger charge is 2.24. The van der Waals surface area contributed by atoms with Crippen LogP contribution in [-0.4, -0.2) is 34.5 Å². The third-order valence-electron chi connectivity index (χ3n) is 2.95. The molecule has 5 heteroatoms. The first-order valence-electron chi connectivity index (χ1n) is 5.95. The maximum absolute atomic E-state index is 5.69. The first kappa shape index (κ1) is 13.0. The van der Waals surface area contributed by atoms with Gasteiger partial charge in [-0.2, -0.15) is 0 Å². The molecule has 1 atom stereocenters. The minimum atomic E-state index is -0.159. The summed E-state index contributed by atoms with van der Waals surface area (Å²) in [7, 11) is 4.81. The second-order valence-electron chi connectivity index (χ2n) is 3.98. The summed E-state index contributed by atoms with van der Waals surface area (Å²) in [6.07, 6.45) is 0.861. The highest BCUT2D eigenvalue weighted by atomic mass is 16.5. The van der Waals surface area contributed by atoms with Crippen molar-refractivity contribution < 1.29 is 18.9 Å². The van der Waals surface area contributed by atoms with E-state index in [9.17, 15) is 0 Å². The predicted molar refractivity (Wildman–Crippen MR) is 67.4 cm³/mol. The molecular formula is C13H19NO4. The smallest absolute Gasteiger partial charge is 0.203 e. The molecule has 5 nitrogen and oxygen atoms in total. The summed E-state index contributed by atoms with van der Waals surface area (Å²) in [4.78, 5) is 0. The third kappa shape index (κ3) is 2.37. The Bertz CT molecular complexity index is 402. The lowest BCUT2D eigenvalue weighted by molar-refractivity contribution is -0.00184. The summed E-state index contributed by atoms with van der Waals surface area (Å²) >= 11 is 0. The van der Waals surface area contributed by atoms with Gasteiger partial charge in [0.2, 0.25) is 5.75 Å². The van der Waals surface area contributed by atoms with Crippen LogP contribution in [0.3, 0.4) is 0 Å². The summed E-state index contributed by atoms with van der Waals surface area (Å²) in [6, 6.07) is 3.79. The van der Waals surface area contributed by atoms with Crippen molar-refractivity contribution >= 4 is 0 Å². The second kappa shape index (κ2) is 5.93. The topological polar surface area (TPSA) is 49.0 Å². The fourth-order valence-corrected chi connectivity index (χ4v) is 2.10. The number of rotatable bonds is 4. The Hall–Kier alpha value is -1.46. The summed E-state index contributed by atoms with van der Waals surface area (Å²) in [5.41, 5.74) is 0.926. The largest absolute Gasteiger partial charge is 0.493 e. The van der Waals surface area contributed by atoms with Gasteiger partial charge in [-0.05, 0) is 18.6 Å². The molecule has 0 spiro atoms. The van der Waals surface area contributed by atoms with Gasteiger partial charge in [-0.1, -0.05) is 0 Å². The van der Waals surface area contributed by atoms with Crippen LogP contribution in [0, 0.1) is 0 Å². The Morgan fingerprint density at radius 1 is 1.11 bits per heavy atom. The van der Waals surface area contributed by atoms with Crippen molar-refractivity contribution in [2.45, 2.75) is 12.6 Å². The van der Waals surface area contributed by atoms with Crippen LogP contribution in [0.5, 0.6) is 17.2 Å². The molecule has 1 aromatic carbocycles. The molecule has 0 aliphatic carbocycles. The molecular weight excluding hydrogens is 234 g/mol. The molecule has 0 saturated carbocycles. The average Bonchev–Trinajstić information content (AvgIpc) is 2.46. The lowest BCUT2D eigenvalue weighted by Gasteiger charge is -2.26. The van der Waals surface area contributed by atoms with Crippen LogP contribution < -0.4 is 19.5 Å². The molecule has 18 heavy (non-hydrogen) atoms. The van der Waals surface area contributed by atoms with E-state index < -0.39 is 0 Å². The molecule has 1 unspecified atom stereocenters. The number of hydrogen-bond donors (Lipinski definition) is 1. The number of hydrogen-bond acceptors (Lipinski definition) is 5. The Labute approximate surface area is 107 Å². The van der Waals surface area contributed by atoms with Gasteiger partial charge in [-0.15, -0.1) is 0 Å². The van der Waals surface area contributed by atoms with Crippen LogP contribution in [0.15, 0.2) is 12.1 Å². The third-order valence-corrected chi connectivity index (χ3v) is 2.95. The molecule has 1 aliphatic heterocycles. The van der Waals surface area contributed by atoms with E-state index in [0.29, 0.717) is 17.2 Å². The minimum Gasteiger partial charge on any atom is -0.493 e. The molecule has 0 aromatic heterocycles.